The van der Waals surface area contributed by atoms with Gasteiger partial charge in [0.1, 0.15) is 5.75 Å². The van der Waals surface area contributed by atoms with Gasteiger partial charge < -0.3 is 14.4 Å². The van der Waals surface area contributed by atoms with Crippen molar-refractivity contribution in [1.29, 1.82) is 0 Å². The first-order chi connectivity index (χ1) is 13.3. The highest BCUT2D eigenvalue weighted by molar-refractivity contribution is 7.91. The lowest BCUT2D eigenvalue weighted by Crippen LogP contribution is -2.31. The van der Waals surface area contributed by atoms with Gasteiger partial charge in [-0.15, -0.1) is 0 Å². The van der Waals surface area contributed by atoms with E-state index in [9.17, 15) is 18.0 Å². The molecule has 150 valence electrons. The van der Waals surface area contributed by atoms with Crippen molar-refractivity contribution in [2.75, 3.05) is 26.5 Å². The Bertz CT molecular complexity index is 911. The Morgan fingerprint density at radius 2 is 1.64 bits per heavy atom. The van der Waals surface area contributed by atoms with Crippen LogP contribution >= 0.6 is 0 Å². The van der Waals surface area contributed by atoms with Gasteiger partial charge in [0.05, 0.1) is 24.2 Å². The molecule has 0 heterocycles. The number of likely N-dealkylation sites (N-methyl/N-ethyl adjacent to an activating group) is 1. The highest BCUT2D eigenvalue weighted by atomic mass is 32.2. The molecule has 7 nitrogen and oxygen atoms in total. The molecule has 0 aliphatic rings. The molecule has 0 saturated carbocycles. The van der Waals surface area contributed by atoms with Crippen LogP contribution in [-0.4, -0.2) is 51.7 Å². The SMILES string of the molecule is COc1ccccc1CN(C)C(=O)COC(=O)CCS(=O)(=O)c1ccccc1. The second kappa shape index (κ2) is 9.89. The van der Waals surface area contributed by atoms with Gasteiger partial charge in [-0.25, -0.2) is 8.42 Å². The van der Waals surface area contributed by atoms with Gasteiger partial charge in [0.2, 0.25) is 0 Å². The van der Waals surface area contributed by atoms with Crippen molar-refractivity contribution in [2.24, 2.45) is 0 Å². The van der Waals surface area contributed by atoms with Gasteiger partial charge in [0.15, 0.2) is 16.4 Å². The Hall–Kier alpha value is -2.87. The van der Waals surface area contributed by atoms with Crippen molar-refractivity contribution in [3.8, 4) is 5.75 Å². The summed E-state index contributed by atoms with van der Waals surface area (Å²) in [7, 11) is -0.435. The minimum absolute atomic E-state index is 0.149. The Morgan fingerprint density at radius 1 is 1.00 bits per heavy atom. The second-order valence-electron chi connectivity index (χ2n) is 6.10. The molecule has 0 aliphatic carbocycles. The highest BCUT2D eigenvalue weighted by Crippen LogP contribution is 2.18. The van der Waals surface area contributed by atoms with Crippen molar-refractivity contribution < 1.29 is 27.5 Å². The number of amides is 1. The van der Waals surface area contributed by atoms with Gasteiger partial charge in [-0.2, -0.15) is 0 Å². The predicted molar refractivity (Wildman–Crippen MR) is 104 cm³/mol. The number of benzene rings is 2. The van der Waals surface area contributed by atoms with E-state index in [1.165, 1.54) is 17.0 Å². The van der Waals surface area contributed by atoms with Crippen LogP contribution in [0.1, 0.15) is 12.0 Å². The van der Waals surface area contributed by atoms with E-state index in [0.717, 1.165) is 5.56 Å². The summed E-state index contributed by atoms with van der Waals surface area (Å²) in [4.78, 5) is 25.6. The molecule has 0 saturated heterocycles. The number of methoxy groups -OCH3 is 1. The first-order valence-electron chi connectivity index (χ1n) is 8.63. The number of hydrogen-bond donors (Lipinski definition) is 0. The molecule has 0 radical (unpaired) electrons. The number of sulfone groups is 1. The number of carbonyl (C=O) groups is 2. The van der Waals surface area contributed by atoms with Crippen LogP contribution in [0.4, 0.5) is 0 Å². The molecule has 0 fully saturated rings. The maximum atomic E-state index is 12.2. The molecule has 0 unspecified atom stereocenters. The molecular formula is C20H23NO6S. The monoisotopic (exact) mass is 405 g/mol. The third-order valence-corrected chi connectivity index (χ3v) is 5.79. The zero-order chi connectivity index (χ0) is 20.6. The molecule has 0 spiro atoms. The van der Waals surface area contributed by atoms with E-state index in [2.05, 4.69) is 0 Å². The average Bonchev–Trinajstić information content (AvgIpc) is 2.71. The van der Waals surface area contributed by atoms with E-state index in [0.29, 0.717) is 12.3 Å². The van der Waals surface area contributed by atoms with Crippen LogP contribution in [0, 0.1) is 0 Å². The third kappa shape index (κ3) is 6.09. The lowest BCUT2D eigenvalue weighted by atomic mass is 10.2. The van der Waals surface area contributed by atoms with Crippen molar-refractivity contribution >= 4 is 21.7 Å². The van der Waals surface area contributed by atoms with Crippen LogP contribution < -0.4 is 4.74 Å². The lowest BCUT2D eigenvalue weighted by Gasteiger charge is -2.18. The smallest absolute Gasteiger partial charge is 0.307 e. The fourth-order valence-electron chi connectivity index (χ4n) is 2.47. The van der Waals surface area contributed by atoms with Gasteiger partial charge in [0, 0.05) is 19.2 Å². The fourth-order valence-corrected chi connectivity index (χ4v) is 3.71. The summed E-state index contributed by atoms with van der Waals surface area (Å²) in [5.41, 5.74) is 0.820. The summed E-state index contributed by atoms with van der Waals surface area (Å²) in [5, 5.41) is 0. The molecule has 28 heavy (non-hydrogen) atoms. The number of ether oxygens (including phenoxy) is 2. The predicted octanol–water partition coefficient (Wildman–Crippen LogP) is 2.06. The van der Waals surface area contributed by atoms with Crippen LogP contribution in [0.3, 0.4) is 0 Å². The minimum atomic E-state index is -3.57. The Labute approximate surface area is 164 Å². The topological polar surface area (TPSA) is 90.0 Å². The quantitative estimate of drug-likeness (QED) is 0.593. The largest absolute Gasteiger partial charge is 0.496 e. The highest BCUT2D eigenvalue weighted by Gasteiger charge is 2.18. The lowest BCUT2D eigenvalue weighted by molar-refractivity contribution is -0.151. The normalized spacial score (nSPS) is 10.9. The van der Waals surface area contributed by atoms with Crippen molar-refractivity contribution in [2.45, 2.75) is 17.9 Å². The number of nitrogens with zero attached hydrogens (tertiary/aromatic N) is 1. The molecular weight excluding hydrogens is 382 g/mol. The minimum Gasteiger partial charge on any atom is -0.496 e. The summed E-state index contributed by atoms with van der Waals surface area (Å²) in [6.07, 6.45) is -0.319. The molecule has 0 aromatic heterocycles. The first kappa shape index (κ1) is 21.4. The van der Waals surface area contributed by atoms with Gasteiger partial charge in [-0.05, 0) is 18.2 Å². The van der Waals surface area contributed by atoms with Crippen molar-refractivity contribution in [3.05, 3.63) is 60.2 Å². The van der Waals surface area contributed by atoms with Crippen molar-refractivity contribution in [1.82, 2.24) is 4.90 Å². The van der Waals surface area contributed by atoms with Crippen LogP contribution in [0.5, 0.6) is 5.75 Å². The maximum Gasteiger partial charge on any atom is 0.307 e. The molecule has 0 N–H and O–H groups in total. The third-order valence-electron chi connectivity index (χ3n) is 4.06. The summed E-state index contributed by atoms with van der Waals surface area (Å²) in [5.74, 6) is -0.852. The Balaban J connectivity index is 1.81. The number of esters is 1. The fraction of sp³-hybridized carbons (Fsp3) is 0.300. The van der Waals surface area contributed by atoms with Crippen LogP contribution in [-0.2, 0) is 30.7 Å². The Kier molecular flexibility index (Phi) is 7.57. The number of rotatable bonds is 9. The van der Waals surface area contributed by atoms with Crippen LogP contribution in [0.15, 0.2) is 59.5 Å². The summed E-state index contributed by atoms with van der Waals surface area (Å²) in [6.45, 7) is -0.154. The number of carbonyl (C=O) groups excluding carboxylic acids is 2. The van der Waals surface area contributed by atoms with E-state index < -0.39 is 28.3 Å². The average molecular weight is 405 g/mol. The van der Waals surface area contributed by atoms with E-state index in [1.54, 1.807) is 38.4 Å². The van der Waals surface area contributed by atoms with Crippen LogP contribution in [0.25, 0.3) is 0 Å². The molecule has 2 aromatic carbocycles. The first-order valence-corrected chi connectivity index (χ1v) is 10.3. The summed E-state index contributed by atoms with van der Waals surface area (Å²) in [6, 6.07) is 15.2. The molecule has 0 bridgehead atoms. The molecule has 1 amide bonds. The zero-order valence-corrected chi connectivity index (χ0v) is 16.6. The van der Waals surface area contributed by atoms with Crippen LogP contribution in [0.2, 0.25) is 0 Å². The van der Waals surface area contributed by atoms with Gasteiger partial charge in [0.25, 0.3) is 5.91 Å². The van der Waals surface area contributed by atoms with Crippen molar-refractivity contribution in [3.63, 3.8) is 0 Å². The van der Waals surface area contributed by atoms with E-state index in [-0.39, 0.29) is 17.1 Å². The maximum absolute atomic E-state index is 12.2. The standard InChI is InChI=1S/C20H23NO6S/c1-21(14-16-8-6-7-11-18(16)26-2)19(22)15-27-20(23)12-13-28(24,25)17-9-4-3-5-10-17/h3-11H,12-15H2,1-2H3. The molecule has 2 rings (SSSR count). The Morgan fingerprint density at radius 3 is 2.32 bits per heavy atom. The second-order valence-corrected chi connectivity index (χ2v) is 8.21. The zero-order valence-electron chi connectivity index (χ0n) is 15.8. The van der Waals surface area contributed by atoms with E-state index >= 15 is 0 Å². The van der Waals surface area contributed by atoms with E-state index in [1.807, 2.05) is 18.2 Å². The summed E-state index contributed by atoms with van der Waals surface area (Å²) < 4.78 is 34.5. The van der Waals surface area contributed by atoms with Gasteiger partial charge in [-0.1, -0.05) is 36.4 Å². The van der Waals surface area contributed by atoms with Gasteiger partial charge >= 0.3 is 5.97 Å². The molecule has 2 aromatic rings. The number of hydrogen-bond acceptors (Lipinski definition) is 6. The molecule has 8 heteroatoms. The summed E-state index contributed by atoms with van der Waals surface area (Å²) >= 11 is 0. The van der Waals surface area contributed by atoms with E-state index in [4.69, 9.17) is 9.47 Å². The molecule has 0 aliphatic heterocycles. The molecule has 0 atom stereocenters. The number of para-hydroxylation sites is 1. The van der Waals surface area contributed by atoms with Gasteiger partial charge in [-0.3, -0.25) is 9.59 Å².